The molecule has 1 aromatic heterocycles. The van der Waals surface area contributed by atoms with Crippen LogP contribution in [-0.2, 0) is 4.79 Å². The second-order valence-electron chi connectivity index (χ2n) is 2.85. The van der Waals surface area contributed by atoms with Gasteiger partial charge >= 0.3 is 12.0 Å². The van der Waals surface area contributed by atoms with Crippen molar-refractivity contribution in [1.29, 1.82) is 0 Å². The number of carbonyl (C=O) groups is 2. The number of carbonyl (C=O) groups excluding carboxylic acids is 1. The Morgan fingerprint density at radius 3 is 2.94 bits per heavy atom. The van der Waals surface area contributed by atoms with Crippen molar-refractivity contribution in [3.8, 4) is 0 Å². The first kappa shape index (κ1) is 12.2. The normalized spacial score (nSPS) is 11.5. The molecular weight excluding hydrogens is 230 g/mol. The van der Waals surface area contributed by atoms with E-state index in [1.165, 1.54) is 17.4 Å². The number of nitrogens with zero attached hydrogens (tertiary/aromatic N) is 1. The zero-order valence-electron chi connectivity index (χ0n) is 8.34. The maximum Gasteiger partial charge on any atom is 0.326 e. The molecule has 1 heterocycles. The first-order valence-electron chi connectivity index (χ1n) is 4.44. The molecule has 0 saturated heterocycles. The van der Waals surface area contributed by atoms with E-state index >= 15 is 0 Å². The number of anilines is 1. The van der Waals surface area contributed by atoms with E-state index in [-0.39, 0.29) is 6.42 Å². The van der Waals surface area contributed by atoms with Crippen molar-refractivity contribution in [3.05, 3.63) is 24.2 Å². The minimum absolute atomic E-state index is 0.167. The van der Waals surface area contributed by atoms with Crippen LogP contribution >= 0.6 is 11.3 Å². The van der Waals surface area contributed by atoms with E-state index < -0.39 is 18.0 Å². The lowest BCUT2D eigenvalue weighted by atomic mass is 10.2. The van der Waals surface area contributed by atoms with E-state index in [9.17, 15) is 9.59 Å². The average molecular weight is 241 g/mol. The maximum atomic E-state index is 11.3. The van der Waals surface area contributed by atoms with Gasteiger partial charge in [-0.2, -0.15) is 0 Å². The molecule has 0 bridgehead atoms. The average Bonchev–Trinajstić information content (AvgIpc) is 2.69. The van der Waals surface area contributed by atoms with Crippen LogP contribution in [-0.4, -0.2) is 28.1 Å². The van der Waals surface area contributed by atoms with Crippen molar-refractivity contribution < 1.29 is 14.7 Å². The lowest BCUT2D eigenvalue weighted by Crippen LogP contribution is -2.42. The Balaban J connectivity index is 2.48. The van der Waals surface area contributed by atoms with Gasteiger partial charge in [0.15, 0.2) is 5.13 Å². The van der Waals surface area contributed by atoms with Crippen LogP contribution in [0.2, 0.25) is 0 Å². The molecule has 0 aliphatic rings. The number of carboxylic acid groups (broad SMARTS) is 1. The fourth-order valence-corrected chi connectivity index (χ4v) is 1.49. The summed E-state index contributed by atoms with van der Waals surface area (Å²) in [6.07, 6.45) is 3.14. The summed E-state index contributed by atoms with van der Waals surface area (Å²) in [4.78, 5) is 25.9. The standard InChI is InChI=1S/C9H11N3O3S/c1-2-3-6(7(13)14)11-8(15)12-9-10-4-5-16-9/h2,4-6H,1,3H2,(H,13,14)(H2,10,11,12,15). The fraction of sp³-hybridized carbons (Fsp3) is 0.222. The van der Waals surface area contributed by atoms with Gasteiger partial charge in [0.25, 0.3) is 0 Å². The largest absolute Gasteiger partial charge is 0.480 e. The van der Waals surface area contributed by atoms with Crippen LogP contribution in [0, 0.1) is 0 Å². The maximum absolute atomic E-state index is 11.3. The highest BCUT2D eigenvalue weighted by molar-refractivity contribution is 7.13. The Morgan fingerprint density at radius 1 is 1.69 bits per heavy atom. The quantitative estimate of drug-likeness (QED) is 0.677. The molecule has 1 aromatic rings. The number of aliphatic carboxylic acids is 1. The molecule has 0 saturated carbocycles. The Kier molecular flexibility index (Phi) is 4.46. The van der Waals surface area contributed by atoms with Crippen LogP contribution in [0.1, 0.15) is 6.42 Å². The molecule has 86 valence electrons. The third-order valence-corrected chi connectivity index (χ3v) is 2.35. The number of urea groups is 1. The predicted octanol–water partition coefficient (Wildman–Crippen LogP) is 1.29. The van der Waals surface area contributed by atoms with Gasteiger partial charge in [0.1, 0.15) is 6.04 Å². The van der Waals surface area contributed by atoms with Crippen LogP contribution in [0.3, 0.4) is 0 Å². The SMILES string of the molecule is C=CCC(NC(=O)Nc1nccs1)C(=O)O. The molecule has 0 fully saturated rings. The first-order valence-corrected chi connectivity index (χ1v) is 5.32. The molecule has 0 aromatic carbocycles. The van der Waals surface area contributed by atoms with Gasteiger partial charge in [-0.3, -0.25) is 5.32 Å². The topological polar surface area (TPSA) is 91.3 Å². The van der Waals surface area contributed by atoms with Gasteiger partial charge in [-0.25, -0.2) is 14.6 Å². The molecule has 6 nitrogen and oxygen atoms in total. The zero-order valence-corrected chi connectivity index (χ0v) is 9.16. The van der Waals surface area contributed by atoms with Gasteiger partial charge in [0.05, 0.1) is 0 Å². The molecule has 0 spiro atoms. The monoisotopic (exact) mass is 241 g/mol. The van der Waals surface area contributed by atoms with Crippen LogP contribution in [0.25, 0.3) is 0 Å². The van der Waals surface area contributed by atoms with Crippen LogP contribution < -0.4 is 10.6 Å². The summed E-state index contributed by atoms with van der Waals surface area (Å²) in [7, 11) is 0. The number of hydrogen-bond acceptors (Lipinski definition) is 4. The van der Waals surface area contributed by atoms with Gasteiger partial charge in [0, 0.05) is 11.6 Å². The molecule has 0 aliphatic carbocycles. The summed E-state index contributed by atoms with van der Waals surface area (Å²) < 4.78 is 0. The van der Waals surface area contributed by atoms with Crippen molar-refractivity contribution in [3.63, 3.8) is 0 Å². The van der Waals surface area contributed by atoms with Crippen LogP contribution in [0.5, 0.6) is 0 Å². The molecule has 7 heteroatoms. The van der Waals surface area contributed by atoms with E-state index in [0.717, 1.165) is 0 Å². The van der Waals surface area contributed by atoms with Crippen LogP contribution in [0.15, 0.2) is 24.2 Å². The highest BCUT2D eigenvalue weighted by atomic mass is 32.1. The highest BCUT2D eigenvalue weighted by Crippen LogP contribution is 2.09. The highest BCUT2D eigenvalue weighted by Gasteiger charge is 2.18. The summed E-state index contributed by atoms with van der Waals surface area (Å²) in [6.45, 7) is 3.42. The van der Waals surface area contributed by atoms with Gasteiger partial charge < -0.3 is 10.4 Å². The summed E-state index contributed by atoms with van der Waals surface area (Å²) in [5.41, 5.74) is 0. The van der Waals surface area contributed by atoms with E-state index in [0.29, 0.717) is 5.13 Å². The minimum atomic E-state index is -1.10. The van der Waals surface area contributed by atoms with E-state index in [1.807, 2.05) is 0 Å². The Morgan fingerprint density at radius 2 is 2.44 bits per heavy atom. The van der Waals surface area contributed by atoms with Gasteiger partial charge in [-0.05, 0) is 6.42 Å². The number of aromatic nitrogens is 1. The van der Waals surface area contributed by atoms with Crippen molar-refractivity contribution >= 4 is 28.5 Å². The van der Waals surface area contributed by atoms with E-state index in [2.05, 4.69) is 22.2 Å². The third kappa shape index (κ3) is 3.70. The van der Waals surface area contributed by atoms with Gasteiger partial charge in [-0.1, -0.05) is 6.08 Å². The Hall–Kier alpha value is -1.89. The Labute approximate surface area is 96.0 Å². The number of amides is 2. The van der Waals surface area contributed by atoms with Crippen molar-refractivity contribution in [2.45, 2.75) is 12.5 Å². The van der Waals surface area contributed by atoms with Crippen LogP contribution in [0.4, 0.5) is 9.93 Å². The number of thiazole rings is 1. The summed E-state index contributed by atoms with van der Waals surface area (Å²) in [5.74, 6) is -1.10. The number of rotatable bonds is 5. The molecule has 3 N–H and O–H groups in total. The smallest absolute Gasteiger partial charge is 0.326 e. The minimum Gasteiger partial charge on any atom is -0.480 e. The number of carboxylic acids is 1. The molecule has 1 rings (SSSR count). The van der Waals surface area contributed by atoms with Gasteiger partial charge in [0.2, 0.25) is 0 Å². The van der Waals surface area contributed by atoms with Gasteiger partial charge in [-0.15, -0.1) is 17.9 Å². The second-order valence-corrected chi connectivity index (χ2v) is 3.75. The molecule has 0 radical (unpaired) electrons. The zero-order chi connectivity index (χ0) is 12.0. The number of hydrogen-bond donors (Lipinski definition) is 3. The molecule has 1 unspecified atom stereocenters. The van der Waals surface area contributed by atoms with Crippen molar-refractivity contribution in [2.75, 3.05) is 5.32 Å². The second kappa shape index (κ2) is 5.86. The van der Waals surface area contributed by atoms with E-state index in [1.54, 1.807) is 11.6 Å². The summed E-state index contributed by atoms with van der Waals surface area (Å²) in [6, 6.07) is -1.57. The van der Waals surface area contributed by atoms with E-state index in [4.69, 9.17) is 5.11 Å². The first-order chi connectivity index (χ1) is 7.63. The molecular formula is C9H11N3O3S. The molecule has 0 aliphatic heterocycles. The molecule has 1 atom stereocenters. The molecule has 16 heavy (non-hydrogen) atoms. The van der Waals surface area contributed by atoms with Crippen molar-refractivity contribution in [1.82, 2.24) is 10.3 Å². The third-order valence-electron chi connectivity index (χ3n) is 1.66. The Bertz CT molecular complexity index is 377. The predicted molar refractivity (Wildman–Crippen MR) is 60.5 cm³/mol. The lowest BCUT2D eigenvalue weighted by Gasteiger charge is -2.12. The summed E-state index contributed by atoms with van der Waals surface area (Å²) in [5, 5.41) is 15.6. The summed E-state index contributed by atoms with van der Waals surface area (Å²) >= 11 is 1.25. The van der Waals surface area contributed by atoms with Crippen molar-refractivity contribution in [2.24, 2.45) is 0 Å². The number of nitrogens with one attached hydrogen (secondary N) is 2. The lowest BCUT2D eigenvalue weighted by molar-refractivity contribution is -0.139. The fourth-order valence-electron chi connectivity index (χ4n) is 0.965. The molecule has 2 amide bonds.